The third-order valence-corrected chi connectivity index (χ3v) is 16.2. The lowest BCUT2D eigenvalue weighted by molar-refractivity contribution is -0.142. The fraction of sp³-hybridized carbons (Fsp3) is 0.433. The number of amides is 2. The number of nitrogen functional groups attached to an aromatic ring is 1. The second-order valence-electron chi connectivity index (χ2n) is 22.4. The fourth-order valence-electron chi connectivity index (χ4n) is 11.8. The highest BCUT2D eigenvalue weighted by molar-refractivity contribution is 6.01. The van der Waals surface area contributed by atoms with Gasteiger partial charge >= 0.3 is 12.2 Å². The van der Waals surface area contributed by atoms with Crippen LogP contribution in [0.15, 0.2) is 85.2 Å². The van der Waals surface area contributed by atoms with Crippen molar-refractivity contribution in [3.8, 4) is 45.4 Å². The summed E-state index contributed by atoms with van der Waals surface area (Å²) in [6, 6.07) is 19.4. The van der Waals surface area contributed by atoms with Gasteiger partial charge in [0.25, 0.3) is 0 Å². The molecule has 19 nitrogen and oxygen atoms in total. The number of likely N-dealkylation sites (tertiary alicyclic amines) is 1. The van der Waals surface area contributed by atoms with E-state index in [1.54, 1.807) is 19.5 Å². The minimum atomic E-state index is -4.80. The highest BCUT2D eigenvalue weighted by atomic mass is 19.4. The van der Waals surface area contributed by atoms with Crippen LogP contribution in [0.5, 0.6) is 11.8 Å². The first-order valence-corrected chi connectivity index (χ1v) is 27.8. The average Bonchev–Trinajstić information content (AvgIpc) is 3.88. The summed E-state index contributed by atoms with van der Waals surface area (Å²) in [6.45, 7) is 9.81. The normalized spacial score (nSPS) is 20.0. The number of benzene rings is 3. The second-order valence-corrected chi connectivity index (χ2v) is 22.4. The number of ether oxygens (including phenoxy) is 3. The molecule has 7 atom stereocenters. The molecule has 3 aromatic carbocycles. The molecule has 22 heteroatoms. The summed E-state index contributed by atoms with van der Waals surface area (Å²) >= 11 is 0. The van der Waals surface area contributed by atoms with Gasteiger partial charge in [0.1, 0.15) is 48.1 Å². The smallest absolute Gasteiger partial charge is 0.418 e. The Morgan fingerprint density at radius 3 is 2.37 bits per heavy atom. The number of pyridine rings is 2. The molecule has 4 fully saturated rings. The lowest BCUT2D eigenvalue weighted by Crippen LogP contribution is -2.50. The van der Waals surface area contributed by atoms with E-state index in [0.29, 0.717) is 45.7 Å². The number of anilines is 2. The molecule has 0 unspecified atom stereocenters. The van der Waals surface area contributed by atoms with Crippen molar-refractivity contribution in [2.45, 2.75) is 121 Å². The quantitative estimate of drug-likeness (QED) is 0.0522. The van der Waals surface area contributed by atoms with Gasteiger partial charge in [0.15, 0.2) is 5.75 Å². The molecule has 2 bridgehead atoms. The molecule has 2 amide bonds. The van der Waals surface area contributed by atoms with Gasteiger partial charge in [-0.25, -0.2) is 9.67 Å². The first-order chi connectivity index (χ1) is 39.4. The maximum absolute atomic E-state index is 15.3. The van der Waals surface area contributed by atoms with Crippen molar-refractivity contribution in [3.05, 3.63) is 119 Å². The molecule has 11 rings (SSSR count). The number of methoxy groups -OCH3 is 1. The van der Waals surface area contributed by atoms with E-state index in [2.05, 4.69) is 35.8 Å². The Hall–Kier alpha value is -7.79. The Kier molecular flexibility index (Phi) is 15.6. The van der Waals surface area contributed by atoms with Crippen molar-refractivity contribution in [1.82, 2.24) is 50.5 Å². The van der Waals surface area contributed by atoms with Crippen LogP contribution in [0.3, 0.4) is 0 Å². The number of nitrogens with two attached hydrogens (primary N) is 1. The Balaban J connectivity index is 0.873. The minimum Gasteiger partial charge on any atom is -0.486 e. The summed E-state index contributed by atoms with van der Waals surface area (Å²) in [4.78, 5) is 50.9. The number of carbonyl (C=O) groups excluding carboxylic acids is 2. The number of aryl methyl sites for hydroxylation is 2. The molecule has 430 valence electrons. The van der Waals surface area contributed by atoms with E-state index in [1.807, 2.05) is 94.4 Å². The van der Waals surface area contributed by atoms with Gasteiger partial charge in [-0.05, 0) is 97.9 Å². The number of hydrogen-bond donors (Lipinski definition) is 5. The largest absolute Gasteiger partial charge is 0.486 e. The van der Waals surface area contributed by atoms with E-state index >= 15 is 13.2 Å². The van der Waals surface area contributed by atoms with E-state index in [0.717, 1.165) is 42.6 Å². The van der Waals surface area contributed by atoms with Crippen LogP contribution >= 0.6 is 0 Å². The first-order valence-electron chi connectivity index (χ1n) is 27.8. The summed E-state index contributed by atoms with van der Waals surface area (Å²) in [7, 11) is 1.57. The number of nitrogens with one attached hydrogen (secondary N) is 2. The maximum Gasteiger partial charge on any atom is 0.418 e. The zero-order chi connectivity index (χ0) is 57.7. The monoisotopic (exact) mass is 1120 g/mol. The van der Waals surface area contributed by atoms with Gasteiger partial charge in [0.05, 0.1) is 42.3 Å². The molecule has 4 aromatic heterocycles. The molecule has 7 heterocycles. The molecule has 7 aromatic rings. The summed E-state index contributed by atoms with van der Waals surface area (Å²) < 4.78 is 65.9. The first kappa shape index (κ1) is 56.1. The van der Waals surface area contributed by atoms with Crippen LogP contribution in [-0.4, -0.2) is 132 Å². The van der Waals surface area contributed by atoms with Gasteiger partial charge in [0, 0.05) is 79.2 Å². The number of rotatable bonds is 19. The van der Waals surface area contributed by atoms with Crippen LogP contribution in [0.1, 0.15) is 98.0 Å². The molecule has 1 saturated carbocycles. The van der Waals surface area contributed by atoms with Crippen molar-refractivity contribution >= 4 is 34.4 Å². The molecule has 0 spiro atoms. The highest BCUT2D eigenvalue weighted by Crippen LogP contribution is 2.54. The topological polar surface area (TPSA) is 241 Å². The number of halogens is 3. The van der Waals surface area contributed by atoms with Crippen LogP contribution in [0, 0.1) is 19.8 Å². The molecular formula is C60H67F3N12O7. The van der Waals surface area contributed by atoms with Crippen LogP contribution in [-0.2, 0) is 27.1 Å². The minimum absolute atomic E-state index is 0.00368. The maximum atomic E-state index is 15.3. The lowest BCUT2D eigenvalue weighted by atomic mass is 9.92. The van der Waals surface area contributed by atoms with E-state index < -0.39 is 54.4 Å². The third-order valence-electron chi connectivity index (χ3n) is 16.2. The Bertz CT molecular complexity index is 3510. The van der Waals surface area contributed by atoms with Crippen LogP contribution < -0.4 is 30.7 Å². The number of aliphatic hydroxyl groups is 2. The Morgan fingerprint density at radius 2 is 1.71 bits per heavy atom. The number of carbonyl (C=O) groups is 2. The van der Waals surface area contributed by atoms with Crippen molar-refractivity contribution in [1.29, 1.82) is 0 Å². The zero-order valence-corrected chi connectivity index (χ0v) is 46.5. The van der Waals surface area contributed by atoms with E-state index in [9.17, 15) is 19.8 Å². The molecule has 4 aliphatic rings. The van der Waals surface area contributed by atoms with Crippen molar-refractivity contribution in [3.63, 3.8) is 0 Å². The molecular weight excluding hydrogens is 1060 g/mol. The molecule has 0 radical (unpaired) electrons. The molecule has 3 saturated heterocycles. The van der Waals surface area contributed by atoms with E-state index in [4.69, 9.17) is 29.9 Å². The van der Waals surface area contributed by atoms with Crippen LogP contribution in [0.4, 0.5) is 24.8 Å². The van der Waals surface area contributed by atoms with Crippen LogP contribution in [0.2, 0.25) is 0 Å². The number of nitrogens with zero attached hydrogens (tertiary/aromatic N) is 9. The Morgan fingerprint density at radius 1 is 0.951 bits per heavy atom. The summed E-state index contributed by atoms with van der Waals surface area (Å²) in [5, 5.41) is 37.3. The Labute approximate surface area is 472 Å². The van der Waals surface area contributed by atoms with Gasteiger partial charge in [-0.15, -0.1) is 5.10 Å². The van der Waals surface area contributed by atoms with Gasteiger partial charge in [-0.3, -0.25) is 14.6 Å². The molecule has 1 aliphatic carbocycles. The number of piperazine rings is 1. The van der Waals surface area contributed by atoms with Gasteiger partial charge < -0.3 is 50.6 Å². The predicted octanol–water partition coefficient (Wildman–Crippen LogP) is 7.66. The van der Waals surface area contributed by atoms with E-state index in [-0.39, 0.29) is 96.1 Å². The van der Waals surface area contributed by atoms with Crippen molar-refractivity contribution in [2.24, 2.45) is 5.92 Å². The SMILES string of the molecule is CO[C@@H](C)COc1nc(N2C[C@@H]3C[C@H]2CN3)c2cc(C3CC3)c(-c3nc(N)cc(C)c3C(F)(F)F)c(OCc3ccc(-c4cn([C@H](C(=O)N5C[C@H](O)C[C@H]5C(=O)N[C@@H](CO)c5ccc(-c6cccnc6C)cc5)C(C)C)nn4)cc3)c2n1. The zero-order valence-electron chi connectivity index (χ0n) is 46.5. The van der Waals surface area contributed by atoms with Crippen LogP contribution in [0.25, 0.3) is 44.5 Å². The summed E-state index contributed by atoms with van der Waals surface area (Å²) in [6.07, 6.45) is -0.287. The number of alkyl halides is 3. The summed E-state index contributed by atoms with van der Waals surface area (Å²) in [5.74, 6) is -0.728. The van der Waals surface area contributed by atoms with Crippen molar-refractivity contribution in [2.75, 3.05) is 50.6 Å². The third kappa shape index (κ3) is 11.3. The van der Waals surface area contributed by atoms with Gasteiger partial charge in [-0.2, -0.15) is 23.1 Å². The number of aliphatic hydroxyl groups excluding tert-OH is 2. The molecule has 3 aliphatic heterocycles. The van der Waals surface area contributed by atoms with Gasteiger partial charge in [0.2, 0.25) is 11.8 Å². The lowest BCUT2D eigenvalue weighted by Gasteiger charge is -2.30. The number of fused-ring (bicyclic) bond motifs is 3. The number of β-amino-alcohol motifs (C(OH)–C–C–N with tert-alkyl or cyclic N) is 1. The van der Waals surface area contributed by atoms with E-state index in [1.165, 1.54) is 22.6 Å². The number of aromatic nitrogens is 7. The standard InChI is InChI=1S/C60H67F3N12O7/c1-31(2)54(58(79)74-26-42(77)22-48(74)57(78)67-47(28-76)39-17-15-36(16-18-39)43-8-7-19-65-34(43)5)75-27-46(71-72-75)38-11-9-35(10-12-38)30-81-55-50(53-51(60(61,62)63)32(3)20-49(64)68-53)44(37-13-14-37)23-45-52(55)69-59(82-29-33(4)80-6)70-56(45)73-25-40-21-41(73)24-66-40/h7-12,15-20,23,27,31,33,37,40-42,47-48,54,66,76-77H,13-14,21-22,24-26,28-30H2,1-6H3,(H2,64,68)(H,67,78)/t33-,40-,41-,42+,47-,48-,54-/m0/s1. The molecule has 6 N–H and O–H groups in total. The average molecular weight is 1130 g/mol. The summed E-state index contributed by atoms with van der Waals surface area (Å²) in [5.41, 5.74) is 11.2. The van der Waals surface area contributed by atoms with Crippen molar-refractivity contribution < 1.29 is 47.2 Å². The number of hydrogen-bond acceptors (Lipinski definition) is 16. The fourth-order valence-corrected chi connectivity index (χ4v) is 11.8. The molecule has 82 heavy (non-hydrogen) atoms. The highest BCUT2D eigenvalue weighted by Gasteiger charge is 2.45. The second kappa shape index (κ2) is 22.9. The van der Waals surface area contributed by atoms with Gasteiger partial charge in [-0.1, -0.05) is 73.7 Å². The predicted molar refractivity (Wildman–Crippen MR) is 301 cm³/mol.